The molecule has 1 aromatic carbocycles. The lowest BCUT2D eigenvalue weighted by Gasteiger charge is -2.19. The number of carbonyl (C=O) groups is 1. The Morgan fingerprint density at radius 3 is 2.00 bits per heavy atom. The van der Waals surface area contributed by atoms with Crippen molar-refractivity contribution in [1.29, 1.82) is 0 Å². The van der Waals surface area contributed by atoms with Crippen molar-refractivity contribution in [2.45, 2.75) is 110 Å². The molecule has 0 N–H and O–H groups in total. The van der Waals surface area contributed by atoms with Crippen LogP contribution < -0.4 is 0 Å². The van der Waals surface area contributed by atoms with Gasteiger partial charge in [-0.25, -0.2) is 8.42 Å². The number of Topliss-reactive ketones (excluding diaryl/α,β-unsaturated/α-hetero) is 1. The Morgan fingerprint density at radius 1 is 0.966 bits per heavy atom. The van der Waals surface area contributed by atoms with E-state index < -0.39 is 16.1 Å². The highest BCUT2D eigenvalue weighted by Crippen LogP contribution is 2.47. The molecule has 0 aliphatic carbocycles. The van der Waals surface area contributed by atoms with Crippen molar-refractivity contribution in [3.05, 3.63) is 28.8 Å². The van der Waals surface area contributed by atoms with E-state index in [0.29, 0.717) is 11.3 Å². The Bertz CT molecular complexity index is 813. The van der Waals surface area contributed by atoms with Gasteiger partial charge in [0, 0.05) is 6.42 Å². The lowest BCUT2D eigenvalue weighted by Crippen LogP contribution is -2.24. The first-order valence-corrected chi connectivity index (χ1v) is 12.5. The fourth-order valence-corrected chi connectivity index (χ4v) is 6.94. The van der Waals surface area contributed by atoms with Crippen molar-refractivity contribution >= 4 is 15.8 Å². The number of nitrogens with zero attached hydrogens (tertiary/aromatic N) is 1. The number of unbranched alkanes of at least 4 members (excludes halogenated alkanes) is 5. The van der Waals surface area contributed by atoms with Crippen LogP contribution in [0.25, 0.3) is 0 Å². The van der Waals surface area contributed by atoms with E-state index >= 15 is 0 Å². The second kappa shape index (κ2) is 9.30. The number of benzene rings is 1. The van der Waals surface area contributed by atoms with E-state index in [1.807, 2.05) is 53.7 Å². The van der Waals surface area contributed by atoms with E-state index in [4.69, 9.17) is 0 Å². The zero-order chi connectivity index (χ0) is 22.0. The van der Waals surface area contributed by atoms with Gasteiger partial charge in [0.15, 0.2) is 5.78 Å². The van der Waals surface area contributed by atoms with Gasteiger partial charge in [-0.3, -0.25) is 4.79 Å². The van der Waals surface area contributed by atoms with Gasteiger partial charge in [-0.05, 0) is 43.7 Å². The van der Waals surface area contributed by atoms with Crippen LogP contribution in [0.15, 0.2) is 17.0 Å². The Kier molecular flexibility index (Phi) is 7.72. The molecule has 5 heteroatoms. The largest absolute Gasteiger partial charge is 0.298 e. The summed E-state index contributed by atoms with van der Waals surface area (Å²) in [5.74, 6) is 0.0754. The smallest absolute Gasteiger partial charge is 0.244 e. The Morgan fingerprint density at radius 2 is 1.48 bits per heavy atom. The molecule has 0 saturated carbocycles. The summed E-state index contributed by atoms with van der Waals surface area (Å²) in [5, 5.41) is 0. The van der Waals surface area contributed by atoms with E-state index in [-0.39, 0.29) is 17.2 Å². The maximum absolute atomic E-state index is 13.5. The first-order chi connectivity index (χ1) is 13.4. The van der Waals surface area contributed by atoms with Gasteiger partial charge in [-0.1, -0.05) is 77.5 Å². The van der Waals surface area contributed by atoms with Crippen LogP contribution in [0.2, 0.25) is 0 Å². The molecule has 0 aromatic heterocycles. The fraction of sp³-hybridized carbons (Fsp3) is 0.708. The molecule has 4 nitrogen and oxygen atoms in total. The van der Waals surface area contributed by atoms with Gasteiger partial charge in [-0.2, -0.15) is 4.31 Å². The Balaban J connectivity index is 2.19. The molecular weight excluding hydrogens is 382 g/mol. The predicted octanol–water partition coefficient (Wildman–Crippen LogP) is 5.72. The maximum atomic E-state index is 13.5. The molecule has 164 valence electrons. The van der Waals surface area contributed by atoms with Crippen molar-refractivity contribution in [3.8, 4) is 0 Å². The molecule has 1 aliphatic heterocycles. The summed E-state index contributed by atoms with van der Waals surface area (Å²) in [4.78, 5) is 13.3. The van der Waals surface area contributed by atoms with Crippen LogP contribution in [0, 0.1) is 26.2 Å². The standard InChI is InChI=1S/C24H39NO3S/c1-8-9-10-11-12-13-14-20(26)21-23(24(5,6)7)25(21)29(27,28)22-18(3)15-17(2)16-19(22)4/h15-16,21,23H,8-14H2,1-7H3. The zero-order valence-corrected chi connectivity index (χ0v) is 20.2. The lowest BCUT2D eigenvalue weighted by atomic mass is 9.88. The van der Waals surface area contributed by atoms with Crippen molar-refractivity contribution in [2.75, 3.05) is 0 Å². The summed E-state index contributed by atoms with van der Waals surface area (Å²) in [6.07, 6.45) is 7.18. The lowest BCUT2D eigenvalue weighted by molar-refractivity contribution is -0.119. The molecule has 1 saturated heterocycles. The van der Waals surface area contributed by atoms with Gasteiger partial charge in [0.25, 0.3) is 0 Å². The van der Waals surface area contributed by atoms with Crippen molar-refractivity contribution < 1.29 is 13.2 Å². The van der Waals surface area contributed by atoms with E-state index in [1.165, 1.54) is 23.6 Å². The summed E-state index contributed by atoms with van der Waals surface area (Å²) >= 11 is 0. The predicted molar refractivity (Wildman–Crippen MR) is 120 cm³/mol. The number of ketones is 1. The van der Waals surface area contributed by atoms with Crippen LogP contribution in [-0.4, -0.2) is 30.6 Å². The van der Waals surface area contributed by atoms with Gasteiger partial charge in [0.2, 0.25) is 10.0 Å². The summed E-state index contributed by atoms with van der Waals surface area (Å²) < 4.78 is 28.6. The molecule has 0 radical (unpaired) electrons. The molecule has 2 rings (SSSR count). The summed E-state index contributed by atoms with van der Waals surface area (Å²) in [6.45, 7) is 13.9. The molecule has 3 unspecified atom stereocenters. The van der Waals surface area contributed by atoms with Crippen LogP contribution in [-0.2, 0) is 14.8 Å². The first kappa shape index (κ1) is 24.1. The van der Waals surface area contributed by atoms with Crippen LogP contribution in [0.4, 0.5) is 0 Å². The van der Waals surface area contributed by atoms with Gasteiger partial charge < -0.3 is 0 Å². The number of hydrogen-bond donors (Lipinski definition) is 0. The molecule has 3 atom stereocenters. The molecule has 1 aromatic rings. The van der Waals surface area contributed by atoms with Crippen molar-refractivity contribution in [2.24, 2.45) is 5.41 Å². The fourth-order valence-electron chi connectivity index (χ4n) is 4.59. The highest BCUT2D eigenvalue weighted by molar-refractivity contribution is 7.89. The Hall–Kier alpha value is -1.20. The first-order valence-electron chi connectivity index (χ1n) is 11.1. The van der Waals surface area contributed by atoms with E-state index in [2.05, 4.69) is 6.92 Å². The summed E-state index contributed by atoms with van der Waals surface area (Å²) in [5.41, 5.74) is 2.28. The molecule has 0 bridgehead atoms. The minimum absolute atomic E-state index is 0.0754. The van der Waals surface area contributed by atoms with Gasteiger partial charge in [0.05, 0.1) is 10.9 Å². The SMILES string of the molecule is CCCCCCCCC(=O)C1C(C(C)(C)C)N1S(=O)(=O)c1c(C)cc(C)cc1C. The summed E-state index contributed by atoms with van der Waals surface area (Å²) in [6, 6.07) is 3.03. The molecule has 29 heavy (non-hydrogen) atoms. The maximum Gasteiger partial charge on any atom is 0.244 e. The van der Waals surface area contributed by atoms with Gasteiger partial charge >= 0.3 is 0 Å². The van der Waals surface area contributed by atoms with Crippen molar-refractivity contribution in [3.63, 3.8) is 0 Å². The molecule has 1 aliphatic rings. The number of rotatable bonds is 10. The van der Waals surface area contributed by atoms with E-state index in [0.717, 1.165) is 36.0 Å². The Labute approximate surface area is 178 Å². The van der Waals surface area contributed by atoms with Crippen LogP contribution >= 0.6 is 0 Å². The molecular formula is C24H39NO3S. The van der Waals surface area contributed by atoms with Gasteiger partial charge in [0.1, 0.15) is 6.04 Å². The average molecular weight is 422 g/mol. The van der Waals surface area contributed by atoms with Gasteiger partial charge in [-0.15, -0.1) is 0 Å². The average Bonchev–Trinajstić information content (AvgIpc) is 3.33. The molecule has 0 amide bonds. The second-order valence-electron chi connectivity index (χ2n) is 9.80. The van der Waals surface area contributed by atoms with Crippen molar-refractivity contribution in [1.82, 2.24) is 4.31 Å². The third-order valence-corrected chi connectivity index (χ3v) is 8.06. The molecule has 1 fully saturated rings. The van der Waals surface area contributed by atoms with Crippen LogP contribution in [0.1, 0.15) is 89.3 Å². The minimum atomic E-state index is -3.70. The number of sulfonamides is 1. The molecule has 0 spiro atoms. The summed E-state index contributed by atoms with van der Waals surface area (Å²) in [7, 11) is -3.70. The number of carbonyl (C=O) groups excluding carboxylic acids is 1. The van der Waals surface area contributed by atoms with Crippen LogP contribution in [0.5, 0.6) is 0 Å². The number of hydrogen-bond acceptors (Lipinski definition) is 3. The quantitative estimate of drug-likeness (QED) is 0.359. The van der Waals surface area contributed by atoms with Crippen LogP contribution in [0.3, 0.4) is 0 Å². The molecule has 1 heterocycles. The number of aryl methyl sites for hydroxylation is 3. The topological polar surface area (TPSA) is 54.2 Å². The highest BCUT2D eigenvalue weighted by Gasteiger charge is 2.63. The monoisotopic (exact) mass is 421 g/mol. The third kappa shape index (κ3) is 5.49. The zero-order valence-electron chi connectivity index (χ0n) is 19.3. The highest BCUT2D eigenvalue weighted by atomic mass is 32.2. The normalized spacial score (nSPS) is 22.0. The van der Waals surface area contributed by atoms with E-state index in [1.54, 1.807) is 0 Å². The second-order valence-corrected chi connectivity index (χ2v) is 11.6. The third-order valence-electron chi connectivity index (χ3n) is 5.89. The minimum Gasteiger partial charge on any atom is -0.298 e. The van der Waals surface area contributed by atoms with E-state index in [9.17, 15) is 13.2 Å².